The van der Waals surface area contributed by atoms with Crippen molar-refractivity contribution >= 4 is 0 Å². The van der Waals surface area contributed by atoms with E-state index in [-0.39, 0.29) is 5.56 Å². The van der Waals surface area contributed by atoms with E-state index in [1.54, 1.807) is 6.07 Å². The highest BCUT2D eigenvalue weighted by Gasteiger charge is 2.21. The topological polar surface area (TPSA) is 49.0 Å². The van der Waals surface area contributed by atoms with Crippen molar-refractivity contribution < 1.29 is 8.78 Å². The second-order valence-corrected chi connectivity index (χ2v) is 6.41. The van der Waals surface area contributed by atoms with Crippen molar-refractivity contribution in [1.29, 1.82) is 0 Å². The Morgan fingerprint density at radius 1 is 1.08 bits per heavy atom. The average molecular weight is 353 g/mol. The molecule has 0 aliphatic carbocycles. The smallest absolute Gasteiger partial charge is 0.254 e. The van der Waals surface area contributed by atoms with Gasteiger partial charge < -0.3 is 4.98 Å². The van der Waals surface area contributed by atoms with E-state index in [1.165, 1.54) is 6.07 Å². The Balaban J connectivity index is 1.60. The number of rotatable bonds is 3. The van der Waals surface area contributed by atoms with E-state index >= 15 is 0 Å². The standard InChI is InChI=1S/C20H17F2N3O/c21-16-7-6-13(10-17(16)22)11-25-9-8-15-18(12-25)23-19(24-20(15)26)14-4-2-1-3-5-14/h1-7,10H,8-9,11-12H2,(H,23,24,26). The number of hydrogen-bond acceptors (Lipinski definition) is 3. The number of halogens is 2. The van der Waals surface area contributed by atoms with Crippen LogP contribution in [0, 0.1) is 11.6 Å². The van der Waals surface area contributed by atoms with Crippen LogP contribution in [0.3, 0.4) is 0 Å². The minimum absolute atomic E-state index is 0.110. The summed E-state index contributed by atoms with van der Waals surface area (Å²) in [5.41, 5.74) is 2.87. The largest absolute Gasteiger partial charge is 0.306 e. The van der Waals surface area contributed by atoms with Crippen molar-refractivity contribution in [3.63, 3.8) is 0 Å². The first-order chi connectivity index (χ1) is 12.6. The fourth-order valence-corrected chi connectivity index (χ4v) is 3.26. The predicted molar refractivity (Wildman–Crippen MR) is 94.5 cm³/mol. The first-order valence-corrected chi connectivity index (χ1v) is 8.44. The average Bonchev–Trinajstić information content (AvgIpc) is 2.65. The Hall–Kier alpha value is -2.86. The molecule has 132 valence electrons. The number of fused-ring (bicyclic) bond motifs is 1. The maximum Gasteiger partial charge on any atom is 0.254 e. The molecule has 0 unspecified atom stereocenters. The summed E-state index contributed by atoms with van der Waals surface area (Å²) < 4.78 is 26.5. The van der Waals surface area contributed by atoms with Gasteiger partial charge in [-0.2, -0.15) is 0 Å². The van der Waals surface area contributed by atoms with Crippen molar-refractivity contribution in [2.45, 2.75) is 19.5 Å². The number of aromatic nitrogens is 2. The molecule has 26 heavy (non-hydrogen) atoms. The lowest BCUT2D eigenvalue weighted by Gasteiger charge is -2.27. The van der Waals surface area contributed by atoms with Crippen LogP contribution < -0.4 is 5.56 Å². The Morgan fingerprint density at radius 3 is 2.65 bits per heavy atom. The Morgan fingerprint density at radius 2 is 1.88 bits per heavy atom. The van der Waals surface area contributed by atoms with Crippen LogP contribution in [-0.4, -0.2) is 21.4 Å². The molecule has 0 saturated heterocycles. The van der Waals surface area contributed by atoms with Gasteiger partial charge in [0.05, 0.1) is 5.69 Å². The lowest BCUT2D eigenvalue weighted by molar-refractivity contribution is 0.240. The Bertz CT molecular complexity index is 1000. The van der Waals surface area contributed by atoms with Crippen molar-refractivity contribution in [3.05, 3.63) is 87.3 Å². The van der Waals surface area contributed by atoms with Gasteiger partial charge in [0.2, 0.25) is 0 Å². The molecule has 4 nitrogen and oxygen atoms in total. The molecule has 0 amide bonds. The highest BCUT2D eigenvalue weighted by atomic mass is 19.2. The van der Waals surface area contributed by atoms with Crippen LogP contribution in [0.5, 0.6) is 0 Å². The molecule has 1 N–H and O–H groups in total. The third kappa shape index (κ3) is 3.28. The van der Waals surface area contributed by atoms with Gasteiger partial charge in [-0.05, 0) is 24.1 Å². The summed E-state index contributed by atoms with van der Waals surface area (Å²) in [6.45, 7) is 1.64. The van der Waals surface area contributed by atoms with Crippen LogP contribution >= 0.6 is 0 Å². The maximum atomic E-state index is 13.4. The second-order valence-electron chi connectivity index (χ2n) is 6.41. The van der Waals surface area contributed by atoms with Crippen LogP contribution in [0.15, 0.2) is 53.3 Å². The fourth-order valence-electron chi connectivity index (χ4n) is 3.26. The van der Waals surface area contributed by atoms with Gasteiger partial charge in [-0.1, -0.05) is 36.4 Å². The minimum atomic E-state index is -0.849. The van der Waals surface area contributed by atoms with Crippen molar-refractivity contribution in [2.75, 3.05) is 6.54 Å². The molecular weight excluding hydrogens is 336 g/mol. The summed E-state index contributed by atoms with van der Waals surface area (Å²) in [4.78, 5) is 22.0. The predicted octanol–water partition coefficient (Wildman–Crippen LogP) is 3.27. The van der Waals surface area contributed by atoms with Crippen molar-refractivity contribution in [1.82, 2.24) is 14.9 Å². The normalized spacial score (nSPS) is 14.2. The monoisotopic (exact) mass is 353 g/mol. The number of nitrogens with one attached hydrogen (secondary N) is 1. The summed E-state index contributed by atoms with van der Waals surface area (Å²) in [7, 11) is 0. The third-order valence-corrected chi connectivity index (χ3v) is 4.59. The molecule has 2 aromatic carbocycles. The lowest BCUT2D eigenvalue weighted by Crippen LogP contribution is -2.35. The zero-order chi connectivity index (χ0) is 18.1. The van der Waals surface area contributed by atoms with Crippen LogP contribution in [0.25, 0.3) is 11.4 Å². The van der Waals surface area contributed by atoms with Gasteiger partial charge in [0.15, 0.2) is 11.6 Å². The number of H-pyrrole nitrogens is 1. The van der Waals surface area contributed by atoms with Crippen LogP contribution in [0.2, 0.25) is 0 Å². The second kappa shape index (κ2) is 6.80. The summed E-state index contributed by atoms with van der Waals surface area (Å²) in [6, 6.07) is 13.4. The molecule has 1 aliphatic rings. The molecule has 0 saturated carbocycles. The summed E-state index contributed by atoms with van der Waals surface area (Å²) in [6.07, 6.45) is 0.580. The molecule has 0 atom stereocenters. The van der Waals surface area contributed by atoms with E-state index in [9.17, 15) is 13.6 Å². The number of aromatic amines is 1. The molecule has 0 radical (unpaired) electrons. The Kier molecular flexibility index (Phi) is 4.34. The van der Waals surface area contributed by atoms with Crippen LogP contribution in [0.1, 0.15) is 16.8 Å². The summed E-state index contributed by atoms with van der Waals surface area (Å²) in [5, 5.41) is 0. The van der Waals surface area contributed by atoms with Gasteiger partial charge in [-0.3, -0.25) is 9.69 Å². The molecule has 6 heteroatoms. The maximum absolute atomic E-state index is 13.4. The van der Waals surface area contributed by atoms with Gasteiger partial charge in [-0.25, -0.2) is 13.8 Å². The van der Waals surface area contributed by atoms with E-state index in [0.29, 0.717) is 43.0 Å². The van der Waals surface area contributed by atoms with Crippen LogP contribution in [0.4, 0.5) is 8.78 Å². The molecule has 1 aliphatic heterocycles. The first-order valence-electron chi connectivity index (χ1n) is 8.44. The molecular formula is C20H17F2N3O. The summed E-state index contributed by atoms with van der Waals surface area (Å²) >= 11 is 0. The molecule has 0 spiro atoms. The van der Waals surface area contributed by atoms with Crippen molar-refractivity contribution in [2.24, 2.45) is 0 Å². The van der Waals surface area contributed by atoms with E-state index in [4.69, 9.17) is 0 Å². The highest BCUT2D eigenvalue weighted by Crippen LogP contribution is 2.20. The lowest BCUT2D eigenvalue weighted by atomic mass is 10.0. The van der Waals surface area contributed by atoms with E-state index in [1.807, 2.05) is 30.3 Å². The molecule has 2 heterocycles. The molecule has 0 fully saturated rings. The number of nitrogens with zero attached hydrogens (tertiary/aromatic N) is 2. The molecule has 0 bridgehead atoms. The minimum Gasteiger partial charge on any atom is -0.306 e. The fraction of sp³-hybridized carbons (Fsp3) is 0.200. The van der Waals surface area contributed by atoms with Gasteiger partial charge in [-0.15, -0.1) is 0 Å². The van der Waals surface area contributed by atoms with Gasteiger partial charge >= 0.3 is 0 Å². The number of hydrogen-bond donors (Lipinski definition) is 1. The quantitative estimate of drug-likeness (QED) is 0.786. The van der Waals surface area contributed by atoms with Gasteiger partial charge in [0.25, 0.3) is 5.56 Å². The molecule has 4 rings (SSSR count). The highest BCUT2D eigenvalue weighted by molar-refractivity contribution is 5.54. The summed E-state index contributed by atoms with van der Waals surface area (Å²) in [5.74, 6) is -1.15. The van der Waals surface area contributed by atoms with E-state index in [0.717, 1.165) is 17.3 Å². The van der Waals surface area contributed by atoms with E-state index in [2.05, 4.69) is 14.9 Å². The zero-order valence-corrected chi connectivity index (χ0v) is 14.0. The van der Waals surface area contributed by atoms with Crippen molar-refractivity contribution in [3.8, 4) is 11.4 Å². The van der Waals surface area contributed by atoms with E-state index < -0.39 is 11.6 Å². The van der Waals surface area contributed by atoms with Gasteiger partial charge in [0.1, 0.15) is 5.82 Å². The molecule has 3 aromatic rings. The van der Waals surface area contributed by atoms with Gasteiger partial charge in [0, 0.05) is 30.8 Å². The van der Waals surface area contributed by atoms with Crippen LogP contribution in [-0.2, 0) is 19.5 Å². The first kappa shape index (κ1) is 16.6. The molecule has 1 aromatic heterocycles. The third-order valence-electron chi connectivity index (χ3n) is 4.59. The SMILES string of the molecule is O=c1[nH]c(-c2ccccc2)nc2c1CCN(Cc1ccc(F)c(F)c1)C2. The zero-order valence-electron chi connectivity index (χ0n) is 14.0. The number of benzene rings is 2. The Labute approximate surface area is 149 Å².